The van der Waals surface area contributed by atoms with Crippen molar-refractivity contribution in [2.75, 3.05) is 19.4 Å². The van der Waals surface area contributed by atoms with E-state index >= 15 is 0 Å². The summed E-state index contributed by atoms with van der Waals surface area (Å²) in [5, 5.41) is 3.04. The molecule has 2 amide bonds. The summed E-state index contributed by atoms with van der Waals surface area (Å²) in [6.07, 6.45) is 6.02. The minimum atomic E-state index is -4.13. The smallest absolute Gasteiger partial charge is 0.357 e. The number of carbonyl (C=O) groups is 2. The molecule has 0 saturated heterocycles. The number of hydrogen-bond donors (Lipinski definition) is 2. The van der Waals surface area contributed by atoms with Gasteiger partial charge in [-0.15, -0.1) is 18.3 Å². The number of aryl methyl sites for hydroxylation is 1. The van der Waals surface area contributed by atoms with Crippen LogP contribution in [-0.4, -0.2) is 49.4 Å². The molecule has 11 heteroatoms. The summed E-state index contributed by atoms with van der Waals surface area (Å²) < 4.78 is 35.2. The lowest BCUT2D eigenvalue weighted by atomic mass is 10.0. The zero-order chi connectivity index (χ0) is 28.4. The standard InChI is InChI=1S/C28H34N4O5S2/c1-5-8-13-24-30-26(38-4)25(27(33)37-7-3)32(24)19-20-14-16-21(17-15-20)22-11-9-10-12-23(22)39(35,36)31-28(34)29-18-6-2/h6,9-12,14-17H,2,5,7-8,13,18-19H2,1,3-4H3,(H2,29,31,34). The topological polar surface area (TPSA) is 119 Å². The van der Waals surface area contributed by atoms with Crippen LogP contribution in [0.3, 0.4) is 0 Å². The first-order chi connectivity index (χ1) is 18.7. The third kappa shape index (κ3) is 7.51. The molecule has 0 aliphatic heterocycles. The molecule has 0 atom stereocenters. The second-order valence-electron chi connectivity index (χ2n) is 8.59. The fraction of sp³-hybridized carbons (Fsp3) is 0.321. The predicted molar refractivity (Wildman–Crippen MR) is 153 cm³/mol. The molecule has 2 aromatic carbocycles. The van der Waals surface area contributed by atoms with Gasteiger partial charge in [-0.3, -0.25) is 0 Å². The number of amides is 2. The Morgan fingerprint density at radius 2 is 1.85 bits per heavy atom. The maximum atomic E-state index is 13.0. The Bertz CT molecular complexity index is 1420. The van der Waals surface area contributed by atoms with E-state index in [1.165, 1.54) is 23.9 Å². The van der Waals surface area contributed by atoms with Crippen LogP contribution in [-0.2, 0) is 27.7 Å². The largest absolute Gasteiger partial charge is 0.461 e. The molecule has 3 aromatic rings. The van der Waals surface area contributed by atoms with E-state index in [4.69, 9.17) is 9.72 Å². The number of rotatable bonds is 13. The highest BCUT2D eigenvalue weighted by Gasteiger charge is 2.24. The highest BCUT2D eigenvalue weighted by Crippen LogP contribution is 2.29. The number of hydrogen-bond acceptors (Lipinski definition) is 7. The van der Waals surface area contributed by atoms with Crippen molar-refractivity contribution in [3.63, 3.8) is 0 Å². The first-order valence-electron chi connectivity index (χ1n) is 12.7. The van der Waals surface area contributed by atoms with Gasteiger partial charge in [-0.1, -0.05) is 61.9 Å². The van der Waals surface area contributed by atoms with Gasteiger partial charge < -0.3 is 14.6 Å². The van der Waals surface area contributed by atoms with Gasteiger partial charge in [0.1, 0.15) is 10.9 Å². The number of imidazole rings is 1. The summed E-state index contributed by atoms with van der Waals surface area (Å²) in [6, 6.07) is 13.1. The van der Waals surface area contributed by atoms with Gasteiger partial charge in [0, 0.05) is 25.1 Å². The Balaban J connectivity index is 1.94. The second kappa shape index (κ2) is 14.0. The number of unbranched alkanes of at least 4 members (excludes halogenated alkanes) is 1. The molecule has 0 bridgehead atoms. The van der Waals surface area contributed by atoms with Crippen LogP contribution in [0.5, 0.6) is 0 Å². The fourth-order valence-electron chi connectivity index (χ4n) is 4.00. The Hall–Kier alpha value is -3.57. The van der Waals surface area contributed by atoms with E-state index in [-0.39, 0.29) is 18.0 Å². The summed E-state index contributed by atoms with van der Waals surface area (Å²) in [6.45, 7) is 8.19. The Morgan fingerprint density at radius 1 is 1.13 bits per heavy atom. The summed E-state index contributed by atoms with van der Waals surface area (Å²) in [5.41, 5.74) is 2.47. The molecule has 208 valence electrons. The molecule has 0 radical (unpaired) electrons. The first kappa shape index (κ1) is 30.0. The lowest BCUT2D eigenvalue weighted by Gasteiger charge is -2.14. The SMILES string of the molecule is C=CCNC(=O)NS(=O)(=O)c1ccccc1-c1ccc(Cn2c(CCCC)nc(SC)c2C(=O)OCC)cc1. The molecule has 0 fully saturated rings. The molecule has 0 aliphatic rings. The third-order valence-electron chi connectivity index (χ3n) is 5.85. The van der Waals surface area contributed by atoms with E-state index in [1.54, 1.807) is 25.1 Å². The number of nitrogens with one attached hydrogen (secondary N) is 2. The van der Waals surface area contributed by atoms with Crippen LogP contribution in [0.2, 0.25) is 0 Å². The Kier molecular flexibility index (Phi) is 10.8. The van der Waals surface area contributed by atoms with Crippen molar-refractivity contribution in [2.45, 2.75) is 49.6 Å². The highest BCUT2D eigenvalue weighted by atomic mass is 32.2. The van der Waals surface area contributed by atoms with Gasteiger partial charge in [0.25, 0.3) is 10.0 Å². The molecular formula is C28H34N4O5S2. The minimum Gasteiger partial charge on any atom is -0.461 e. The maximum Gasteiger partial charge on any atom is 0.357 e. The molecule has 0 saturated carbocycles. The predicted octanol–water partition coefficient (Wildman–Crippen LogP) is 5.01. The lowest BCUT2D eigenvalue weighted by molar-refractivity contribution is 0.0509. The number of thioether (sulfide) groups is 1. The van der Waals surface area contributed by atoms with Crippen molar-refractivity contribution in [3.8, 4) is 11.1 Å². The van der Waals surface area contributed by atoms with Crippen LogP contribution in [0.15, 0.2) is 71.1 Å². The van der Waals surface area contributed by atoms with E-state index < -0.39 is 22.0 Å². The van der Waals surface area contributed by atoms with Gasteiger partial charge in [0.15, 0.2) is 5.69 Å². The van der Waals surface area contributed by atoms with Crippen molar-refractivity contribution >= 4 is 33.8 Å². The molecule has 9 nitrogen and oxygen atoms in total. The van der Waals surface area contributed by atoms with E-state index in [9.17, 15) is 18.0 Å². The Labute approximate surface area is 234 Å². The number of ether oxygens (including phenoxy) is 1. The zero-order valence-electron chi connectivity index (χ0n) is 22.4. The molecule has 3 rings (SSSR count). The monoisotopic (exact) mass is 570 g/mol. The van der Waals surface area contributed by atoms with E-state index in [0.29, 0.717) is 28.4 Å². The second-order valence-corrected chi connectivity index (χ2v) is 11.0. The van der Waals surface area contributed by atoms with Crippen molar-refractivity contribution in [1.29, 1.82) is 0 Å². The molecule has 0 aliphatic carbocycles. The number of esters is 1. The molecule has 1 heterocycles. The maximum absolute atomic E-state index is 13.0. The van der Waals surface area contributed by atoms with Gasteiger partial charge in [-0.2, -0.15) is 0 Å². The van der Waals surface area contributed by atoms with Crippen molar-refractivity contribution < 1.29 is 22.7 Å². The number of nitrogens with zero attached hydrogens (tertiary/aromatic N) is 2. The average molecular weight is 571 g/mol. The van der Waals surface area contributed by atoms with Crippen molar-refractivity contribution in [1.82, 2.24) is 19.6 Å². The molecule has 2 N–H and O–H groups in total. The third-order valence-corrected chi connectivity index (χ3v) is 7.91. The number of aromatic nitrogens is 2. The van der Waals surface area contributed by atoms with Gasteiger partial charge in [0.2, 0.25) is 0 Å². The average Bonchev–Trinajstić information content (AvgIpc) is 3.28. The number of carbonyl (C=O) groups excluding carboxylic acids is 2. The van der Waals surface area contributed by atoms with Crippen LogP contribution in [0, 0.1) is 0 Å². The van der Waals surface area contributed by atoms with E-state index in [2.05, 4.69) is 18.8 Å². The summed E-state index contributed by atoms with van der Waals surface area (Å²) in [4.78, 5) is 29.5. The number of benzene rings is 2. The number of urea groups is 1. The van der Waals surface area contributed by atoms with Crippen LogP contribution < -0.4 is 10.0 Å². The lowest BCUT2D eigenvalue weighted by Crippen LogP contribution is -2.39. The Morgan fingerprint density at radius 3 is 2.49 bits per heavy atom. The number of sulfonamides is 1. The van der Waals surface area contributed by atoms with Crippen LogP contribution in [0.25, 0.3) is 11.1 Å². The summed E-state index contributed by atoms with van der Waals surface area (Å²) >= 11 is 1.41. The van der Waals surface area contributed by atoms with Gasteiger partial charge in [-0.25, -0.2) is 27.7 Å². The molecule has 1 aromatic heterocycles. The minimum absolute atomic E-state index is 0.0165. The van der Waals surface area contributed by atoms with Crippen LogP contribution in [0.1, 0.15) is 48.6 Å². The van der Waals surface area contributed by atoms with Gasteiger partial charge in [-0.05, 0) is 36.8 Å². The van der Waals surface area contributed by atoms with Gasteiger partial charge in [0.05, 0.1) is 11.5 Å². The first-order valence-corrected chi connectivity index (χ1v) is 15.4. The van der Waals surface area contributed by atoms with Crippen LogP contribution in [0.4, 0.5) is 4.79 Å². The van der Waals surface area contributed by atoms with Crippen molar-refractivity contribution in [3.05, 3.63) is 78.3 Å². The normalized spacial score (nSPS) is 11.2. The van der Waals surface area contributed by atoms with Crippen molar-refractivity contribution in [2.24, 2.45) is 0 Å². The zero-order valence-corrected chi connectivity index (χ0v) is 24.0. The molecule has 0 unspecified atom stereocenters. The van der Waals surface area contributed by atoms with E-state index in [1.807, 2.05) is 39.8 Å². The molecule has 39 heavy (non-hydrogen) atoms. The highest BCUT2D eigenvalue weighted by molar-refractivity contribution is 7.98. The molecule has 0 spiro atoms. The molecular weight excluding hydrogens is 536 g/mol. The van der Waals surface area contributed by atoms with E-state index in [0.717, 1.165) is 30.7 Å². The van der Waals surface area contributed by atoms with Crippen LogP contribution >= 0.6 is 11.8 Å². The quantitative estimate of drug-likeness (QED) is 0.168. The summed E-state index contributed by atoms with van der Waals surface area (Å²) in [7, 11) is -4.13. The van der Waals surface area contributed by atoms with Gasteiger partial charge >= 0.3 is 12.0 Å². The fourth-order valence-corrected chi connectivity index (χ4v) is 5.74. The summed E-state index contributed by atoms with van der Waals surface area (Å²) in [5.74, 6) is 0.419.